The summed E-state index contributed by atoms with van der Waals surface area (Å²) < 4.78 is 12.7. The second-order valence-corrected chi connectivity index (χ2v) is 10.5. The van der Waals surface area contributed by atoms with Crippen LogP contribution in [0.2, 0.25) is 0 Å². The maximum absolute atomic E-state index is 5.57. The summed E-state index contributed by atoms with van der Waals surface area (Å²) in [5.74, 6) is 1.86. The number of nitrogens with one attached hydrogen (secondary N) is 1. The average Bonchev–Trinajstić information content (AvgIpc) is 3.08. The Labute approximate surface area is 179 Å². The molecule has 0 amide bonds. The highest BCUT2D eigenvalue weighted by Crippen LogP contribution is 2.32. The number of ether oxygens (including phenoxy) is 1. The molecule has 2 aliphatic rings. The first-order valence-corrected chi connectivity index (χ1v) is 11.6. The molecule has 0 bridgehead atoms. The van der Waals surface area contributed by atoms with E-state index in [1.807, 2.05) is 0 Å². The van der Waals surface area contributed by atoms with Gasteiger partial charge >= 0.3 is 0 Å². The van der Waals surface area contributed by atoms with E-state index in [4.69, 9.17) is 9.72 Å². The van der Waals surface area contributed by atoms with Gasteiger partial charge in [-0.3, -0.25) is 0 Å². The van der Waals surface area contributed by atoms with Gasteiger partial charge in [0.1, 0.15) is 5.82 Å². The standard InChI is InChI=1S/C22H35N5OS/c1-22(2,3)21-24-19-15-18(25(4)29-26-11-9-23-10-12-26)5-6-20(19)27(21)16-17-7-13-28-14-8-17/h5-6,15,17,23H,7-14,16H2,1-4H3. The van der Waals surface area contributed by atoms with Crippen molar-refractivity contribution < 1.29 is 4.74 Å². The van der Waals surface area contributed by atoms with Gasteiger partial charge in [0.05, 0.1) is 16.7 Å². The maximum Gasteiger partial charge on any atom is 0.115 e. The Balaban J connectivity index is 1.60. The Morgan fingerprint density at radius 3 is 2.62 bits per heavy atom. The van der Waals surface area contributed by atoms with E-state index in [1.165, 1.54) is 17.0 Å². The van der Waals surface area contributed by atoms with Crippen LogP contribution in [-0.2, 0) is 16.7 Å². The Bertz CT molecular complexity index is 818. The van der Waals surface area contributed by atoms with Crippen molar-refractivity contribution in [2.75, 3.05) is 50.7 Å². The minimum atomic E-state index is 0.0196. The van der Waals surface area contributed by atoms with Crippen LogP contribution in [0.3, 0.4) is 0 Å². The van der Waals surface area contributed by atoms with Gasteiger partial charge in [0.15, 0.2) is 0 Å². The topological polar surface area (TPSA) is 45.6 Å². The number of hydrogen-bond donors (Lipinski definition) is 1. The number of nitrogens with zero attached hydrogens (tertiary/aromatic N) is 4. The van der Waals surface area contributed by atoms with Crippen LogP contribution < -0.4 is 9.62 Å². The Morgan fingerprint density at radius 1 is 1.21 bits per heavy atom. The lowest BCUT2D eigenvalue weighted by molar-refractivity contribution is 0.0611. The highest BCUT2D eigenvalue weighted by molar-refractivity contribution is 7.98. The molecule has 0 atom stereocenters. The van der Waals surface area contributed by atoms with E-state index >= 15 is 0 Å². The van der Waals surface area contributed by atoms with Crippen LogP contribution in [0.1, 0.15) is 39.4 Å². The molecule has 1 N–H and O–H groups in total. The van der Waals surface area contributed by atoms with Crippen LogP contribution in [0.25, 0.3) is 11.0 Å². The number of rotatable bonds is 5. The first-order chi connectivity index (χ1) is 13.9. The van der Waals surface area contributed by atoms with Crippen molar-refractivity contribution in [1.82, 2.24) is 19.2 Å². The Morgan fingerprint density at radius 2 is 1.93 bits per heavy atom. The summed E-state index contributed by atoms with van der Waals surface area (Å²) in [5, 5.41) is 3.41. The third kappa shape index (κ3) is 4.90. The molecule has 2 aliphatic heterocycles. The highest BCUT2D eigenvalue weighted by Gasteiger charge is 2.26. The summed E-state index contributed by atoms with van der Waals surface area (Å²) in [4.78, 5) is 5.11. The molecule has 1 aromatic carbocycles. The number of anilines is 1. The lowest BCUT2D eigenvalue weighted by Crippen LogP contribution is -2.41. The fourth-order valence-corrected chi connectivity index (χ4v) is 5.11. The van der Waals surface area contributed by atoms with E-state index in [9.17, 15) is 0 Å². The molecule has 2 fully saturated rings. The molecule has 4 rings (SSSR count). The maximum atomic E-state index is 5.57. The molecule has 7 heteroatoms. The molecule has 2 aromatic rings. The third-order valence-corrected chi connectivity index (χ3v) is 6.91. The molecule has 6 nitrogen and oxygen atoms in total. The Kier molecular flexibility index (Phi) is 6.39. The van der Waals surface area contributed by atoms with Crippen molar-refractivity contribution in [2.24, 2.45) is 5.92 Å². The second-order valence-electron chi connectivity index (χ2n) is 9.28. The van der Waals surface area contributed by atoms with E-state index in [1.54, 1.807) is 12.1 Å². The lowest BCUT2D eigenvalue weighted by atomic mass is 9.94. The molecule has 1 aromatic heterocycles. The molecule has 0 saturated carbocycles. The van der Waals surface area contributed by atoms with Crippen LogP contribution >= 0.6 is 12.1 Å². The molecule has 2 saturated heterocycles. The van der Waals surface area contributed by atoms with Crippen molar-refractivity contribution in [3.05, 3.63) is 24.0 Å². The summed E-state index contributed by atoms with van der Waals surface area (Å²) in [7, 11) is 2.15. The van der Waals surface area contributed by atoms with Gasteiger partial charge in [0.25, 0.3) is 0 Å². The predicted octanol–water partition coefficient (Wildman–Crippen LogP) is 3.67. The van der Waals surface area contributed by atoms with Gasteiger partial charge in [-0.05, 0) is 37.0 Å². The van der Waals surface area contributed by atoms with Crippen LogP contribution in [-0.4, -0.2) is 60.3 Å². The van der Waals surface area contributed by atoms with E-state index in [0.29, 0.717) is 5.92 Å². The minimum Gasteiger partial charge on any atom is -0.381 e. The zero-order valence-corrected chi connectivity index (χ0v) is 19.1. The molecule has 160 valence electrons. The van der Waals surface area contributed by atoms with Crippen molar-refractivity contribution in [1.29, 1.82) is 0 Å². The molecule has 0 aliphatic carbocycles. The van der Waals surface area contributed by atoms with Crippen molar-refractivity contribution in [3.8, 4) is 0 Å². The van der Waals surface area contributed by atoms with Gasteiger partial charge in [-0.1, -0.05) is 20.8 Å². The van der Waals surface area contributed by atoms with Crippen molar-refractivity contribution in [2.45, 2.75) is 45.6 Å². The summed E-state index contributed by atoms with van der Waals surface area (Å²) in [6, 6.07) is 6.76. The van der Waals surface area contributed by atoms with Gasteiger partial charge in [-0.15, -0.1) is 0 Å². The molecule has 29 heavy (non-hydrogen) atoms. The van der Waals surface area contributed by atoms with Crippen LogP contribution in [0.15, 0.2) is 18.2 Å². The average molecular weight is 418 g/mol. The largest absolute Gasteiger partial charge is 0.381 e. The fraction of sp³-hybridized carbons (Fsp3) is 0.682. The molecule has 0 radical (unpaired) electrons. The SMILES string of the molecule is CN(SN1CCNCC1)c1ccc2c(c1)nc(C(C)(C)C)n2CC1CCOCC1. The predicted molar refractivity (Wildman–Crippen MR) is 122 cm³/mol. The first-order valence-electron chi connectivity index (χ1n) is 10.9. The monoisotopic (exact) mass is 417 g/mol. The molecule has 3 heterocycles. The van der Waals surface area contributed by atoms with Crippen LogP contribution in [0.5, 0.6) is 0 Å². The number of fused-ring (bicyclic) bond motifs is 1. The van der Waals surface area contributed by atoms with Crippen molar-refractivity contribution >= 4 is 28.9 Å². The van der Waals surface area contributed by atoms with E-state index in [0.717, 1.165) is 64.3 Å². The number of aromatic nitrogens is 2. The summed E-state index contributed by atoms with van der Waals surface area (Å²) in [5.41, 5.74) is 3.58. The second kappa shape index (κ2) is 8.84. The van der Waals surface area contributed by atoms with Gasteiger partial charge in [0.2, 0.25) is 0 Å². The van der Waals surface area contributed by atoms with Crippen molar-refractivity contribution in [3.63, 3.8) is 0 Å². The fourth-order valence-electron chi connectivity index (χ4n) is 4.20. The molecular weight excluding hydrogens is 382 g/mol. The first kappa shape index (κ1) is 21.0. The third-order valence-electron chi connectivity index (χ3n) is 5.86. The molecular formula is C22H35N5OS. The quantitative estimate of drug-likeness (QED) is 0.749. The van der Waals surface area contributed by atoms with Crippen LogP contribution in [0, 0.1) is 5.92 Å². The number of piperazine rings is 1. The highest BCUT2D eigenvalue weighted by atomic mass is 32.2. The summed E-state index contributed by atoms with van der Waals surface area (Å²) in [6.45, 7) is 13.9. The minimum absolute atomic E-state index is 0.0196. The number of hydrogen-bond acceptors (Lipinski definition) is 6. The van der Waals surface area contributed by atoms with Gasteiger partial charge in [-0.25, -0.2) is 9.29 Å². The molecule has 0 unspecified atom stereocenters. The normalized spacial score (nSPS) is 19.7. The zero-order valence-electron chi connectivity index (χ0n) is 18.3. The van der Waals surface area contributed by atoms with Gasteiger partial charge in [-0.2, -0.15) is 0 Å². The van der Waals surface area contributed by atoms with Gasteiger partial charge < -0.3 is 18.9 Å². The lowest BCUT2D eigenvalue weighted by Gasteiger charge is -2.30. The van der Waals surface area contributed by atoms with E-state index < -0.39 is 0 Å². The summed E-state index contributed by atoms with van der Waals surface area (Å²) >= 11 is 1.81. The van der Waals surface area contributed by atoms with Crippen LogP contribution in [0.4, 0.5) is 5.69 Å². The zero-order chi connectivity index (χ0) is 20.4. The summed E-state index contributed by atoms with van der Waals surface area (Å²) in [6.07, 6.45) is 2.29. The van der Waals surface area contributed by atoms with Gasteiger partial charge in [0, 0.05) is 70.5 Å². The number of benzene rings is 1. The molecule has 0 spiro atoms. The Hall–Kier alpha value is -1.28. The van der Waals surface area contributed by atoms with E-state index in [2.05, 4.69) is 64.5 Å². The van der Waals surface area contributed by atoms with E-state index in [-0.39, 0.29) is 5.41 Å². The smallest absolute Gasteiger partial charge is 0.115 e. The number of imidazole rings is 1.